The van der Waals surface area contributed by atoms with Crippen LogP contribution in [0, 0.1) is 0 Å². The molecule has 0 saturated heterocycles. The van der Waals surface area contributed by atoms with E-state index in [0.717, 1.165) is 5.56 Å². The molecule has 0 amide bonds. The zero-order valence-electron chi connectivity index (χ0n) is 10.2. The summed E-state index contributed by atoms with van der Waals surface area (Å²) in [6.07, 6.45) is 0. The molecule has 0 spiro atoms. The molecule has 0 aliphatic heterocycles. The highest BCUT2D eigenvalue weighted by Gasteiger charge is 2.32. The molecule has 0 saturated carbocycles. The average Bonchev–Trinajstić information content (AvgIpc) is 2.74. The summed E-state index contributed by atoms with van der Waals surface area (Å²) in [4.78, 5) is 24.4. The van der Waals surface area contributed by atoms with Crippen LogP contribution in [0.1, 0.15) is 15.9 Å². The lowest BCUT2D eigenvalue weighted by molar-refractivity contribution is 0.104. The van der Waals surface area contributed by atoms with Gasteiger partial charge in [-0.25, -0.2) is 4.79 Å². The van der Waals surface area contributed by atoms with Gasteiger partial charge in [-0.3, -0.25) is 4.79 Å². The number of aromatic hydroxyl groups is 1. The van der Waals surface area contributed by atoms with Gasteiger partial charge in [0.2, 0.25) is 5.78 Å². The predicted octanol–water partition coefficient (Wildman–Crippen LogP) is 2.71. The maximum atomic E-state index is 12.3. The molecule has 0 unspecified atom stereocenters. The molecule has 1 heterocycles. The number of benzene rings is 2. The Balaban J connectivity index is 2.26. The van der Waals surface area contributed by atoms with Crippen molar-refractivity contribution in [2.45, 2.75) is 0 Å². The molecular formula is C16H8O4. The third-order valence-electron chi connectivity index (χ3n) is 3.56. The van der Waals surface area contributed by atoms with E-state index in [0.29, 0.717) is 16.5 Å². The highest BCUT2D eigenvalue weighted by molar-refractivity contribution is 6.25. The summed E-state index contributed by atoms with van der Waals surface area (Å²) in [5, 5.41) is 10.1. The van der Waals surface area contributed by atoms with Gasteiger partial charge in [0.1, 0.15) is 16.9 Å². The molecule has 4 heteroatoms. The second kappa shape index (κ2) is 3.57. The Morgan fingerprint density at radius 1 is 0.900 bits per heavy atom. The minimum Gasteiger partial charge on any atom is -0.508 e. The Morgan fingerprint density at radius 2 is 1.65 bits per heavy atom. The van der Waals surface area contributed by atoms with Crippen molar-refractivity contribution in [3.63, 3.8) is 0 Å². The highest BCUT2D eigenvalue weighted by atomic mass is 16.4. The first-order valence-electron chi connectivity index (χ1n) is 6.11. The fourth-order valence-electron chi connectivity index (χ4n) is 2.71. The van der Waals surface area contributed by atoms with Crippen molar-refractivity contribution >= 4 is 16.8 Å². The third kappa shape index (κ3) is 1.25. The molecule has 3 aromatic rings. The Morgan fingerprint density at radius 3 is 2.45 bits per heavy atom. The van der Waals surface area contributed by atoms with Crippen molar-refractivity contribution in [3.8, 4) is 16.9 Å². The van der Waals surface area contributed by atoms with E-state index in [1.807, 2.05) is 12.1 Å². The second-order valence-electron chi connectivity index (χ2n) is 4.69. The lowest BCUT2D eigenvalue weighted by Crippen LogP contribution is -2.11. The van der Waals surface area contributed by atoms with Crippen molar-refractivity contribution in [1.82, 2.24) is 0 Å². The summed E-state index contributed by atoms with van der Waals surface area (Å²) < 4.78 is 5.15. The number of carbonyl (C=O) groups is 1. The maximum absolute atomic E-state index is 12.3. The topological polar surface area (TPSA) is 67.5 Å². The first-order chi connectivity index (χ1) is 9.66. The second-order valence-corrected chi connectivity index (χ2v) is 4.69. The van der Waals surface area contributed by atoms with Gasteiger partial charge in [-0.2, -0.15) is 0 Å². The number of fused-ring (bicyclic) bond motifs is 5. The minimum atomic E-state index is -0.667. The molecule has 0 fully saturated rings. The number of rotatable bonds is 0. The maximum Gasteiger partial charge on any atom is 0.348 e. The number of carbonyl (C=O) groups excluding carboxylic acids is 1. The SMILES string of the molecule is O=C1c2ccccc2-c2c1c(=O)oc1cc(O)ccc21. The predicted molar refractivity (Wildman–Crippen MR) is 73.0 cm³/mol. The first kappa shape index (κ1) is 11.0. The Labute approximate surface area is 112 Å². The summed E-state index contributed by atoms with van der Waals surface area (Å²) in [6.45, 7) is 0. The van der Waals surface area contributed by atoms with E-state index >= 15 is 0 Å². The largest absolute Gasteiger partial charge is 0.508 e. The Kier molecular flexibility index (Phi) is 1.96. The number of phenols is 1. The molecule has 2 aromatic carbocycles. The molecule has 4 rings (SSSR count). The van der Waals surface area contributed by atoms with E-state index in [2.05, 4.69) is 0 Å². The van der Waals surface area contributed by atoms with Crippen molar-refractivity contribution < 1.29 is 14.3 Å². The van der Waals surface area contributed by atoms with Gasteiger partial charge in [0.15, 0.2) is 0 Å². The third-order valence-corrected chi connectivity index (χ3v) is 3.56. The van der Waals surface area contributed by atoms with Crippen molar-refractivity contribution in [2.24, 2.45) is 0 Å². The van der Waals surface area contributed by atoms with E-state index in [4.69, 9.17) is 4.42 Å². The van der Waals surface area contributed by atoms with Crippen LogP contribution in [0.3, 0.4) is 0 Å². The van der Waals surface area contributed by atoms with Gasteiger partial charge in [-0.05, 0) is 17.7 Å². The molecule has 1 N–H and O–H groups in total. The van der Waals surface area contributed by atoms with Crippen molar-refractivity contribution in [3.05, 3.63) is 64.0 Å². The summed E-state index contributed by atoms with van der Waals surface area (Å²) in [7, 11) is 0. The van der Waals surface area contributed by atoms with E-state index in [-0.39, 0.29) is 22.7 Å². The lowest BCUT2D eigenvalue weighted by atomic mass is 10.0. The molecule has 96 valence electrons. The van der Waals surface area contributed by atoms with Gasteiger partial charge < -0.3 is 9.52 Å². The van der Waals surface area contributed by atoms with E-state index in [1.165, 1.54) is 12.1 Å². The van der Waals surface area contributed by atoms with Gasteiger partial charge in [0.25, 0.3) is 0 Å². The van der Waals surface area contributed by atoms with Crippen LogP contribution in [0.2, 0.25) is 0 Å². The van der Waals surface area contributed by atoms with Crippen LogP contribution in [0.5, 0.6) is 5.75 Å². The number of phenolic OH excluding ortho intramolecular Hbond substituents is 1. The number of ketones is 1. The van der Waals surface area contributed by atoms with Crippen LogP contribution in [0.15, 0.2) is 51.7 Å². The van der Waals surface area contributed by atoms with Gasteiger partial charge in [0.05, 0.1) is 0 Å². The Hall–Kier alpha value is -2.88. The molecule has 0 radical (unpaired) electrons. The number of hydrogen-bond donors (Lipinski definition) is 1. The van der Waals surface area contributed by atoms with Crippen molar-refractivity contribution in [2.75, 3.05) is 0 Å². The molecule has 1 aromatic heterocycles. The van der Waals surface area contributed by atoms with Crippen molar-refractivity contribution in [1.29, 1.82) is 0 Å². The monoisotopic (exact) mass is 264 g/mol. The normalized spacial score (nSPS) is 12.5. The van der Waals surface area contributed by atoms with Gasteiger partial charge in [0, 0.05) is 22.6 Å². The molecule has 4 nitrogen and oxygen atoms in total. The molecule has 0 atom stereocenters. The molecular weight excluding hydrogens is 256 g/mol. The average molecular weight is 264 g/mol. The quantitative estimate of drug-likeness (QED) is 0.496. The number of hydrogen-bond acceptors (Lipinski definition) is 4. The van der Waals surface area contributed by atoms with Crippen LogP contribution in [-0.4, -0.2) is 10.9 Å². The van der Waals surface area contributed by atoms with Crippen LogP contribution >= 0.6 is 0 Å². The van der Waals surface area contributed by atoms with Gasteiger partial charge >= 0.3 is 5.63 Å². The molecule has 20 heavy (non-hydrogen) atoms. The van der Waals surface area contributed by atoms with E-state index in [1.54, 1.807) is 18.2 Å². The van der Waals surface area contributed by atoms with Crippen LogP contribution < -0.4 is 5.63 Å². The van der Waals surface area contributed by atoms with E-state index in [9.17, 15) is 14.7 Å². The fraction of sp³-hybridized carbons (Fsp3) is 0. The summed E-state index contributed by atoms with van der Waals surface area (Å²) >= 11 is 0. The first-order valence-corrected chi connectivity index (χ1v) is 6.11. The Bertz CT molecular complexity index is 950. The highest BCUT2D eigenvalue weighted by Crippen LogP contribution is 2.39. The van der Waals surface area contributed by atoms with Crippen LogP contribution in [0.25, 0.3) is 22.1 Å². The molecule has 0 bridgehead atoms. The van der Waals surface area contributed by atoms with Gasteiger partial charge in [-0.15, -0.1) is 0 Å². The minimum absolute atomic E-state index is 0.0122. The molecule has 1 aliphatic rings. The lowest BCUT2D eigenvalue weighted by Gasteiger charge is -2.04. The molecule has 1 aliphatic carbocycles. The smallest absolute Gasteiger partial charge is 0.348 e. The summed E-state index contributed by atoms with van der Waals surface area (Å²) in [5.41, 5.74) is 1.52. The van der Waals surface area contributed by atoms with E-state index < -0.39 is 5.63 Å². The summed E-state index contributed by atoms with van der Waals surface area (Å²) in [6, 6.07) is 11.6. The van der Waals surface area contributed by atoms with Crippen LogP contribution in [-0.2, 0) is 0 Å². The summed E-state index contributed by atoms with van der Waals surface area (Å²) in [5.74, 6) is -0.294. The standard InChI is InChI=1S/C16H8O4/c17-8-5-6-11-12(7-8)20-16(19)14-13(11)9-3-1-2-4-10(9)15(14)18/h1-7,17H. The van der Waals surface area contributed by atoms with Crippen LogP contribution in [0.4, 0.5) is 0 Å². The fourth-order valence-corrected chi connectivity index (χ4v) is 2.71. The zero-order valence-corrected chi connectivity index (χ0v) is 10.2. The van der Waals surface area contributed by atoms with Gasteiger partial charge in [-0.1, -0.05) is 24.3 Å². The zero-order chi connectivity index (χ0) is 13.9.